The Labute approximate surface area is 126 Å². The highest BCUT2D eigenvalue weighted by Gasteiger charge is 2.48. The maximum Gasteiger partial charge on any atom is 0.179 e. The number of aromatic nitrogens is 3. The lowest BCUT2D eigenvalue weighted by Crippen LogP contribution is -2.10. The molecule has 1 aliphatic carbocycles. The number of hydrogen-bond acceptors (Lipinski definition) is 2. The molecule has 5 heteroatoms. The van der Waals surface area contributed by atoms with Gasteiger partial charge in [0.2, 0.25) is 0 Å². The molecule has 2 heterocycles. The van der Waals surface area contributed by atoms with E-state index in [-0.39, 0.29) is 5.41 Å². The number of nitrogens with one attached hydrogen (secondary N) is 1. The van der Waals surface area contributed by atoms with Gasteiger partial charge in [0.05, 0.1) is 16.0 Å². The summed E-state index contributed by atoms with van der Waals surface area (Å²) in [5.74, 6) is 0.949. The van der Waals surface area contributed by atoms with Crippen molar-refractivity contribution >= 4 is 34.4 Å². The molecule has 0 spiro atoms. The topological polar surface area (TPSA) is 41.6 Å². The van der Waals surface area contributed by atoms with Crippen molar-refractivity contribution in [2.24, 2.45) is 0 Å². The van der Waals surface area contributed by atoms with Crippen molar-refractivity contribution in [3.05, 3.63) is 58.0 Å². The van der Waals surface area contributed by atoms with Crippen LogP contribution in [0.15, 0.2) is 36.4 Å². The highest BCUT2D eigenvalue weighted by atomic mass is 35.5. The van der Waals surface area contributed by atoms with E-state index in [2.05, 4.69) is 39.2 Å². The number of hydrogen-bond donors (Lipinski definition) is 1. The highest BCUT2D eigenvalue weighted by Crippen LogP contribution is 2.52. The molecule has 100 valence electrons. The lowest BCUT2D eigenvalue weighted by atomic mass is 9.95. The Hall–Kier alpha value is -1.58. The van der Waals surface area contributed by atoms with Gasteiger partial charge in [-0.15, -0.1) is 0 Å². The normalized spacial score (nSPS) is 16.5. The van der Waals surface area contributed by atoms with Crippen LogP contribution in [0.2, 0.25) is 10.2 Å². The lowest BCUT2D eigenvalue weighted by Gasteiger charge is -2.12. The molecule has 1 fully saturated rings. The first-order chi connectivity index (χ1) is 9.69. The van der Waals surface area contributed by atoms with Gasteiger partial charge < -0.3 is 4.98 Å². The first kappa shape index (κ1) is 12.2. The standard InChI is InChI=1S/C15H11Cl2N3/c16-10-8-11-13(19-12(10)17)20-14(18-11)15(6-7-15)9-4-2-1-3-5-9/h1-5,8H,6-7H2,(H,18,19,20). The van der Waals surface area contributed by atoms with Gasteiger partial charge in [-0.05, 0) is 24.5 Å². The van der Waals surface area contributed by atoms with Crippen LogP contribution in [-0.2, 0) is 5.41 Å². The SMILES string of the molecule is Clc1cc2[nH]c(C3(c4ccccc4)CC3)nc2nc1Cl. The molecule has 1 saturated carbocycles. The van der Waals surface area contributed by atoms with Crippen molar-refractivity contribution in [3.63, 3.8) is 0 Å². The maximum atomic E-state index is 6.00. The minimum Gasteiger partial charge on any atom is -0.340 e. The number of rotatable bonds is 2. The van der Waals surface area contributed by atoms with Crippen molar-refractivity contribution < 1.29 is 0 Å². The van der Waals surface area contributed by atoms with Gasteiger partial charge in [-0.25, -0.2) is 9.97 Å². The van der Waals surface area contributed by atoms with Gasteiger partial charge in [0.15, 0.2) is 5.65 Å². The van der Waals surface area contributed by atoms with E-state index in [1.165, 1.54) is 5.56 Å². The molecule has 0 aliphatic heterocycles. The van der Waals surface area contributed by atoms with E-state index in [0.717, 1.165) is 24.2 Å². The van der Waals surface area contributed by atoms with Gasteiger partial charge in [0, 0.05) is 0 Å². The molecule has 3 aromatic rings. The summed E-state index contributed by atoms with van der Waals surface area (Å²) in [6, 6.07) is 12.2. The Morgan fingerprint density at radius 1 is 1.05 bits per heavy atom. The highest BCUT2D eigenvalue weighted by molar-refractivity contribution is 6.41. The third kappa shape index (κ3) is 1.74. The molecular formula is C15H11Cl2N3. The number of aromatic amines is 1. The van der Waals surface area contributed by atoms with E-state index in [0.29, 0.717) is 15.8 Å². The van der Waals surface area contributed by atoms with Crippen molar-refractivity contribution in [2.45, 2.75) is 18.3 Å². The Bertz CT molecular complexity index is 752. The summed E-state index contributed by atoms with van der Waals surface area (Å²) < 4.78 is 0. The van der Waals surface area contributed by atoms with Gasteiger partial charge in [-0.3, -0.25) is 0 Å². The molecular weight excluding hydrogens is 293 g/mol. The summed E-state index contributed by atoms with van der Waals surface area (Å²) in [5, 5.41) is 0.737. The summed E-state index contributed by atoms with van der Waals surface area (Å²) in [6.07, 6.45) is 2.19. The zero-order valence-electron chi connectivity index (χ0n) is 10.5. The van der Waals surface area contributed by atoms with E-state index in [1.54, 1.807) is 6.07 Å². The molecule has 0 bridgehead atoms. The first-order valence-corrected chi connectivity index (χ1v) is 7.22. The molecule has 4 rings (SSSR count). The van der Waals surface area contributed by atoms with Crippen molar-refractivity contribution in [1.82, 2.24) is 15.0 Å². The number of nitrogens with zero attached hydrogens (tertiary/aromatic N) is 2. The van der Waals surface area contributed by atoms with Crippen LogP contribution in [0.3, 0.4) is 0 Å². The van der Waals surface area contributed by atoms with E-state index in [1.807, 2.05) is 6.07 Å². The second-order valence-corrected chi connectivity index (χ2v) is 5.93. The van der Waals surface area contributed by atoms with Gasteiger partial charge in [0.25, 0.3) is 0 Å². The monoisotopic (exact) mass is 303 g/mol. The fourth-order valence-corrected chi connectivity index (χ4v) is 2.95. The molecule has 3 nitrogen and oxygen atoms in total. The molecule has 20 heavy (non-hydrogen) atoms. The number of halogens is 2. The van der Waals surface area contributed by atoms with Gasteiger partial charge in [-0.2, -0.15) is 0 Å². The molecule has 1 aliphatic rings. The Balaban J connectivity index is 1.87. The van der Waals surface area contributed by atoms with Crippen LogP contribution in [0.4, 0.5) is 0 Å². The maximum absolute atomic E-state index is 6.00. The average Bonchev–Trinajstić information content (AvgIpc) is 3.18. The average molecular weight is 304 g/mol. The predicted molar refractivity (Wildman–Crippen MR) is 80.4 cm³/mol. The largest absolute Gasteiger partial charge is 0.340 e. The van der Waals surface area contributed by atoms with Crippen LogP contribution in [0.1, 0.15) is 24.2 Å². The smallest absolute Gasteiger partial charge is 0.179 e. The Morgan fingerprint density at radius 3 is 2.50 bits per heavy atom. The van der Waals surface area contributed by atoms with Gasteiger partial charge in [-0.1, -0.05) is 53.5 Å². The van der Waals surface area contributed by atoms with E-state index < -0.39 is 0 Å². The zero-order valence-corrected chi connectivity index (χ0v) is 12.0. The third-order valence-corrected chi connectivity index (χ3v) is 4.59. The number of pyridine rings is 1. The number of H-pyrrole nitrogens is 1. The van der Waals surface area contributed by atoms with Gasteiger partial charge in [0.1, 0.15) is 11.0 Å². The minimum atomic E-state index is 0.000905. The quantitative estimate of drug-likeness (QED) is 0.715. The number of imidazole rings is 1. The Kier molecular flexibility index (Phi) is 2.56. The third-order valence-electron chi connectivity index (χ3n) is 3.91. The number of benzene rings is 1. The second-order valence-electron chi connectivity index (χ2n) is 5.17. The van der Waals surface area contributed by atoms with Crippen molar-refractivity contribution in [1.29, 1.82) is 0 Å². The van der Waals surface area contributed by atoms with Crippen LogP contribution in [-0.4, -0.2) is 15.0 Å². The van der Waals surface area contributed by atoms with Crippen LogP contribution < -0.4 is 0 Å². The van der Waals surface area contributed by atoms with Crippen LogP contribution >= 0.6 is 23.2 Å². The van der Waals surface area contributed by atoms with Crippen molar-refractivity contribution in [3.8, 4) is 0 Å². The van der Waals surface area contributed by atoms with Crippen LogP contribution in [0.5, 0.6) is 0 Å². The predicted octanol–water partition coefficient (Wildman–Crippen LogP) is 4.34. The molecule has 0 radical (unpaired) electrons. The molecule has 0 unspecified atom stereocenters. The van der Waals surface area contributed by atoms with Gasteiger partial charge >= 0.3 is 0 Å². The molecule has 0 saturated heterocycles. The summed E-state index contributed by atoms with van der Waals surface area (Å²) >= 11 is 11.9. The molecule has 0 amide bonds. The fourth-order valence-electron chi connectivity index (χ4n) is 2.67. The van der Waals surface area contributed by atoms with Crippen LogP contribution in [0, 0.1) is 0 Å². The summed E-state index contributed by atoms with van der Waals surface area (Å²) in [6.45, 7) is 0. The van der Waals surface area contributed by atoms with Crippen LogP contribution in [0.25, 0.3) is 11.2 Å². The van der Waals surface area contributed by atoms with Crippen molar-refractivity contribution in [2.75, 3.05) is 0 Å². The summed E-state index contributed by atoms with van der Waals surface area (Å²) in [7, 11) is 0. The van der Waals surface area contributed by atoms with E-state index >= 15 is 0 Å². The van der Waals surface area contributed by atoms with E-state index in [4.69, 9.17) is 23.2 Å². The fraction of sp³-hybridized carbons (Fsp3) is 0.200. The second kappa shape index (κ2) is 4.21. The molecule has 1 aromatic carbocycles. The molecule has 1 N–H and O–H groups in total. The lowest BCUT2D eigenvalue weighted by molar-refractivity contribution is 0.778. The summed E-state index contributed by atoms with van der Waals surface area (Å²) in [5.41, 5.74) is 2.74. The summed E-state index contributed by atoms with van der Waals surface area (Å²) in [4.78, 5) is 12.2. The van der Waals surface area contributed by atoms with E-state index in [9.17, 15) is 0 Å². The Morgan fingerprint density at radius 2 is 1.80 bits per heavy atom. The molecule has 2 aromatic heterocycles. The number of fused-ring (bicyclic) bond motifs is 1. The minimum absolute atomic E-state index is 0.000905. The molecule has 0 atom stereocenters. The zero-order chi connectivity index (χ0) is 13.7. The first-order valence-electron chi connectivity index (χ1n) is 6.47.